The highest BCUT2D eigenvalue weighted by Crippen LogP contribution is 2.22. The van der Waals surface area contributed by atoms with Crippen LogP contribution >= 0.6 is 0 Å². The summed E-state index contributed by atoms with van der Waals surface area (Å²) in [7, 11) is 0. The second kappa shape index (κ2) is 6.54. The van der Waals surface area contributed by atoms with Crippen LogP contribution in [-0.2, 0) is 11.2 Å². The lowest BCUT2D eigenvalue weighted by atomic mass is 10.1. The minimum Gasteiger partial charge on any atom is -0.395 e. The Kier molecular flexibility index (Phi) is 4.76. The predicted octanol–water partition coefficient (Wildman–Crippen LogP) is 0.832. The van der Waals surface area contributed by atoms with Gasteiger partial charge in [-0.1, -0.05) is 18.2 Å². The van der Waals surface area contributed by atoms with Crippen LogP contribution in [-0.4, -0.2) is 52.3 Å². The average Bonchev–Trinajstić information content (AvgIpc) is 2.75. The van der Waals surface area contributed by atoms with Gasteiger partial charge in [-0.3, -0.25) is 4.79 Å². The van der Waals surface area contributed by atoms with E-state index in [1.807, 2.05) is 31.2 Å². The molecule has 0 bridgehead atoms. The number of nitrogens with one attached hydrogen (secondary N) is 1. The van der Waals surface area contributed by atoms with Crippen molar-refractivity contribution in [3.05, 3.63) is 35.5 Å². The van der Waals surface area contributed by atoms with Gasteiger partial charge in [-0.15, -0.1) is 0 Å². The number of para-hydroxylation sites is 1. The fraction of sp³-hybridized carbons (Fsp3) is 0.400. The molecule has 5 heteroatoms. The molecule has 2 aromatic rings. The smallest absolute Gasteiger partial charge is 0.227 e. The van der Waals surface area contributed by atoms with Gasteiger partial charge in [0.2, 0.25) is 5.91 Å². The lowest BCUT2D eigenvalue weighted by Gasteiger charge is -2.20. The quantitative estimate of drug-likeness (QED) is 0.731. The van der Waals surface area contributed by atoms with Crippen molar-refractivity contribution < 1.29 is 15.0 Å². The van der Waals surface area contributed by atoms with Crippen LogP contribution in [0, 0.1) is 6.92 Å². The Morgan fingerprint density at radius 2 is 1.85 bits per heavy atom. The third-order valence-electron chi connectivity index (χ3n) is 3.45. The zero-order chi connectivity index (χ0) is 14.5. The molecule has 0 atom stereocenters. The Morgan fingerprint density at radius 3 is 2.50 bits per heavy atom. The Bertz CT molecular complexity index is 586. The molecule has 1 aromatic heterocycles. The zero-order valence-electron chi connectivity index (χ0n) is 11.6. The normalized spacial score (nSPS) is 10.9. The SMILES string of the molecule is Cc1[nH]c2ccccc2c1CC(=O)N(CCO)CCO. The summed E-state index contributed by atoms with van der Waals surface area (Å²) in [5.74, 6) is -0.0825. The number of fused-ring (bicyclic) bond motifs is 1. The summed E-state index contributed by atoms with van der Waals surface area (Å²) in [5.41, 5.74) is 2.97. The first-order chi connectivity index (χ1) is 9.67. The van der Waals surface area contributed by atoms with E-state index < -0.39 is 0 Å². The van der Waals surface area contributed by atoms with Gasteiger partial charge in [0, 0.05) is 29.7 Å². The molecule has 1 amide bonds. The van der Waals surface area contributed by atoms with Crippen LogP contribution in [0.2, 0.25) is 0 Å². The number of amides is 1. The topological polar surface area (TPSA) is 76.6 Å². The molecule has 3 N–H and O–H groups in total. The summed E-state index contributed by atoms with van der Waals surface area (Å²) in [5, 5.41) is 19.0. The van der Waals surface area contributed by atoms with Gasteiger partial charge in [-0.2, -0.15) is 0 Å². The minimum atomic E-state index is -0.0986. The highest BCUT2D eigenvalue weighted by molar-refractivity contribution is 5.90. The average molecular weight is 276 g/mol. The summed E-state index contributed by atoms with van der Waals surface area (Å²) in [6.07, 6.45) is 0.274. The van der Waals surface area contributed by atoms with Gasteiger partial charge >= 0.3 is 0 Å². The molecule has 0 spiro atoms. The van der Waals surface area contributed by atoms with Crippen molar-refractivity contribution in [1.82, 2.24) is 9.88 Å². The predicted molar refractivity (Wildman–Crippen MR) is 77.5 cm³/mol. The monoisotopic (exact) mass is 276 g/mol. The van der Waals surface area contributed by atoms with Crippen LogP contribution in [0.1, 0.15) is 11.3 Å². The van der Waals surface area contributed by atoms with Gasteiger partial charge in [0.1, 0.15) is 0 Å². The van der Waals surface area contributed by atoms with Crippen LogP contribution in [0.4, 0.5) is 0 Å². The molecule has 0 aliphatic carbocycles. The van der Waals surface area contributed by atoms with Crippen molar-refractivity contribution >= 4 is 16.8 Å². The van der Waals surface area contributed by atoms with Crippen LogP contribution in [0.5, 0.6) is 0 Å². The second-order valence-corrected chi connectivity index (χ2v) is 4.78. The number of aromatic nitrogens is 1. The fourth-order valence-corrected chi connectivity index (χ4v) is 2.43. The Labute approximate surface area is 117 Å². The number of aromatic amines is 1. The van der Waals surface area contributed by atoms with E-state index in [-0.39, 0.29) is 38.6 Å². The third-order valence-corrected chi connectivity index (χ3v) is 3.45. The Balaban J connectivity index is 2.22. The number of hydrogen-bond donors (Lipinski definition) is 3. The maximum atomic E-state index is 12.3. The number of carbonyl (C=O) groups excluding carboxylic acids is 1. The van der Waals surface area contributed by atoms with Crippen LogP contribution in [0.25, 0.3) is 10.9 Å². The van der Waals surface area contributed by atoms with Crippen LogP contribution in [0.3, 0.4) is 0 Å². The third kappa shape index (κ3) is 3.00. The molecule has 0 saturated carbocycles. The molecule has 20 heavy (non-hydrogen) atoms. The number of hydrogen-bond acceptors (Lipinski definition) is 3. The number of aryl methyl sites for hydroxylation is 1. The molecule has 0 aliphatic heterocycles. The van der Waals surface area contributed by atoms with Gasteiger partial charge in [0.25, 0.3) is 0 Å². The summed E-state index contributed by atoms with van der Waals surface area (Å²) < 4.78 is 0. The number of nitrogens with zero attached hydrogens (tertiary/aromatic N) is 1. The first-order valence-corrected chi connectivity index (χ1v) is 6.73. The summed E-state index contributed by atoms with van der Waals surface area (Å²) in [6.45, 7) is 2.25. The molecule has 108 valence electrons. The fourth-order valence-electron chi connectivity index (χ4n) is 2.43. The van der Waals surface area contributed by atoms with Crippen molar-refractivity contribution in [2.45, 2.75) is 13.3 Å². The summed E-state index contributed by atoms with van der Waals surface area (Å²) in [4.78, 5) is 17.0. The molecule has 1 heterocycles. The van der Waals surface area contributed by atoms with E-state index in [0.29, 0.717) is 0 Å². The van der Waals surface area contributed by atoms with E-state index in [1.54, 1.807) is 0 Å². The lowest BCUT2D eigenvalue weighted by molar-refractivity contribution is -0.131. The highest BCUT2D eigenvalue weighted by Gasteiger charge is 2.17. The van der Waals surface area contributed by atoms with Crippen LogP contribution in [0.15, 0.2) is 24.3 Å². The molecule has 0 radical (unpaired) electrons. The van der Waals surface area contributed by atoms with Crippen molar-refractivity contribution in [1.29, 1.82) is 0 Å². The summed E-state index contributed by atoms with van der Waals surface area (Å²) in [6, 6.07) is 7.87. The second-order valence-electron chi connectivity index (χ2n) is 4.78. The molecule has 0 unspecified atom stereocenters. The van der Waals surface area contributed by atoms with Gasteiger partial charge in [0.15, 0.2) is 0 Å². The number of benzene rings is 1. The first-order valence-electron chi connectivity index (χ1n) is 6.73. The molecular formula is C15H20N2O3. The molecule has 2 rings (SSSR count). The van der Waals surface area contributed by atoms with E-state index in [4.69, 9.17) is 10.2 Å². The van der Waals surface area contributed by atoms with Gasteiger partial charge in [-0.25, -0.2) is 0 Å². The zero-order valence-corrected chi connectivity index (χ0v) is 11.6. The number of carbonyl (C=O) groups is 1. The number of aliphatic hydroxyl groups is 2. The summed E-state index contributed by atoms with van der Waals surface area (Å²) >= 11 is 0. The molecule has 0 fully saturated rings. The number of H-pyrrole nitrogens is 1. The highest BCUT2D eigenvalue weighted by atomic mass is 16.3. The van der Waals surface area contributed by atoms with E-state index in [9.17, 15) is 4.79 Å². The van der Waals surface area contributed by atoms with Gasteiger partial charge < -0.3 is 20.1 Å². The van der Waals surface area contributed by atoms with Crippen molar-refractivity contribution in [2.75, 3.05) is 26.3 Å². The van der Waals surface area contributed by atoms with E-state index >= 15 is 0 Å². The van der Waals surface area contributed by atoms with Crippen molar-refractivity contribution in [3.8, 4) is 0 Å². The molecule has 0 aliphatic rings. The molecule has 5 nitrogen and oxygen atoms in total. The largest absolute Gasteiger partial charge is 0.395 e. The molecular weight excluding hydrogens is 256 g/mol. The van der Waals surface area contributed by atoms with Gasteiger partial charge in [0.05, 0.1) is 19.6 Å². The van der Waals surface area contributed by atoms with E-state index in [1.165, 1.54) is 4.90 Å². The van der Waals surface area contributed by atoms with Crippen molar-refractivity contribution in [3.63, 3.8) is 0 Å². The number of rotatable bonds is 6. The first kappa shape index (κ1) is 14.6. The molecule has 1 aromatic carbocycles. The van der Waals surface area contributed by atoms with E-state index in [0.717, 1.165) is 22.2 Å². The lowest BCUT2D eigenvalue weighted by Crippen LogP contribution is -2.36. The Hall–Kier alpha value is -1.85. The maximum absolute atomic E-state index is 12.3. The van der Waals surface area contributed by atoms with Gasteiger partial charge in [-0.05, 0) is 18.6 Å². The Morgan fingerprint density at radius 1 is 1.20 bits per heavy atom. The maximum Gasteiger partial charge on any atom is 0.227 e. The van der Waals surface area contributed by atoms with Crippen molar-refractivity contribution in [2.24, 2.45) is 0 Å². The van der Waals surface area contributed by atoms with Crippen LogP contribution < -0.4 is 0 Å². The van der Waals surface area contributed by atoms with E-state index in [2.05, 4.69) is 4.98 Å². The number of aliphatic hydroxyl groups excluding tert-OH is 2. The molecule has 0 saturated heterocycles. The standard InChI is InChI=1S/C15H20N2O3/c1-11-13(12-4-2-3-5-14(12)16-11)10-15(20)17(6-8-18)7-9-19/h2-5,16,18-19H,6-10H2,1H3. The minimum absolute atomic E-state index is 0.0825.